The van der Waals surface area contributed by atoms with Crippen LogP contribution >= 0.6 is 0 Å². The van der Waals surface area contributed by atoms with Crippen LogP contribution in [0.2, 0.25) is 0 Å². The van der Waals surface area contributed by atoms with Gasteiger partial charge in [-0.05, 0) is 0 Å². The standard InChI is InChI=1S/3C8H18.H3N/c3*1-3-5-7-8-6-4-2;/h3*3-8H2,1-2H3;1H3. The van der Waals surface area contributed by atoms with Crippen LogP contribution in [-0.2, 0) is 0 Å². The van der Waals surface area contributed by atoms with Gasteiger partial charge in [-0.15, -0.1) is 0 Å². The number of rotatable bonds is 15. The summed E-state index contributed by atoms with van der Waals surface area (Å²) < 4.78 is 0. The molecule has 0 amide bonds. The predicted octanol–water partition coefficient (Wildman–Crippen LogP) is 10.3. The average molecular weight is 360 g/mol. The van der Waals surface area contributed by atoms with Crippen LogP contribution in [0.3, 0.4) is 0 Å². The zero-order valence-electron chi connectivity index (χ0n) is 19.4. The minimum absolute atomic E-state index is 0. The third kappa shape index (κ3) is 51.6. The fourth-order valence-electron chi connectivity index (χ4n) is 2.56. The highest BCUT2D eigenvalue weighted by atomic mass is 14.0. The first-order valence-corrected chi connectivity index (χ1v) is 11.7. The second kappa shape index (κ2) is 39.2. The lowest BCUT2D eigenvalue weighted by Gasteiger charge is -1.93. The van der Waals surface area contributed by atoms with Crippen molar-refractivity contribution in [3.63, 3.8) is 0 Å². The lowest BCUT2D eigenvalue weighted by Crippen LogP contribution is -1.73. The van der Waals surface area contributed by atoms with Crippen molar-refractivity contribution in [1.82, 2.24) is 6.15 Å². The van der Waals surface area contributed by atoms with Crippen LogP contribution in [0, 0.1) is 0 Å². The van der Waals surface area contributed by atoms with E-state index in [0.717, 1.165) is 0 Å². The van der Waals surface area contributed by atoms with E-state index in [1.54, 1.807) is 0 Å². The third-order valence-corrected chi connectivity index (χ3v) is 4.37. The van der Waals surface area contributed by atoms with Crippen LogP contribution in [0.25, 0.3) is 0 Å². The van der Waals surface area contributed by atoms with E-state index in [0.29, 0.717) is 0 Å². The lowest BCUT2D eigenvalue weighted by atomic mass is 10.1. The molecule has 158 valence electrons. The van der Waals surface area contributed by atoms with Gasteiger partial charge >= 0.3 is 0 Å². The third-order valence-electron chi connectivity index (χ3n) is 4.37. The summed E-state index contributed by atoms with van der Waals surface area (Å²) in [6.07, 6.45) is 25.5. The van der Waals surface area contributed by atoms with Gasteiger partial charge in [0.15, 0.2) is 0 Å². The van der Waals surface area contributed by atoms with Crippen molar-refractivity contribution in [1.29, 1.82) is 0 Å². The molecule has 0 aliphatic heterocycles. The van der Waals surface area contributed by atoms with Crippen LogP contribution in [0.15, 0.2) is 0 Å². The molecule has 0 aromatic rings. The molecule has 1 heteroatoms. The highest BCUT2D eigenvalue weighted by molar-refractivity contribution is 4.40. The van der Waals surface area contributed by atoms with Crippen molar-refractivity contribution in [3.05, 3.63) is 0 Å². The first kappa shape index (κ1) is 32.6. The van der Waals surface area contributed by atoms with E-state index in [1.165, 1.54) is 116 Å². The molecule has 0 spiro atoms. The fourth-order valence-corrected chi connectivity index (χ4v) is 2.56. The summed E-state index contributed by atoms with van der Waals surface area (Å²) in [6.45, 7) is 13.5. The van der Waals surface area contributed by atoms with Gasteiger partial charge in [0.2, 0.25) is 0 Å². The van der Waals surface area contributed by atoms with E-state index in [1.807, 2.05) is 0 Å². The monoisotopic (exact) mass is 359 g/mol. The van der Waals surface area contributed by atoms with Crippen molar-refractivity contribution >= 4 is 0 Å². The van der Waals surface area contributed by atoms with E-state index in [4.69, 9.17) is 0 Å². The Bertz CT molecular complexity index is 110. The smallest absolute Gasteiger partial charge is 0.0533 e. The molecule has 3 N–H and O–H groups in total. The molecular weight excluding hydrogens is 302 g/mol. The Morgan fingerprint density at radius 3 is 0.440 bits per heavy atom. The average Bonchev–Trinajstić information content (AvgIpc) is 2.61. The second-order valence-corrected chi connectivity index (χ2v) is 7.24. The summed E-state index contributed by atoms with van der Waals surface area (Å²) in [5.74, 6) is 0. The maximum absolute atomic E-state index is 2.26. The molecule has 0 atom stereocenters. The summed E-state index contributed by atoms with van der Waals surface area (Å²) in [5.41, 5.74) is 0. The van der Waals surface area contributed by atoms with E-state index in [2.05, 4.69) is 41.5 Å². The summed E-state index contributed by atoms with van der Waals surface area (Å²) in [7, 11) is 0. The van der Waals surface area contributed by atoms with Gasteiger partial charge in [0.1, 0.15) is 0 Å². The van der Waals surface area contributed by atoms with Gasteiger partial charge in [-0.1, -0.05) is 157 Å². The lowest BCUT2D eigenvalue weighted by molar-refractivity contribution is 0.624. The summed E-state index contributed by atoms with van der Waals surface area (Å²) in [4.78, 5) is 0. The molecule has 0 heterocycles. The van der Waals surface area contributed by atoms with Gasteiger partial charge in [0.05, 0.1) is 0 Å². The van der Waals surface area contributed by atoms with Crippen molar-refractivity contribution in [2.75, 3.05) is 0 Å². The normalized spacial score (nSPS) is 9.36. The van der Waals surface area contributed by atoms with E-state index in [-0.39, 0.29) is 6.15 Å². The van der Waals surface area contributed by atoms with Crippen LogP contribution in [0.4, 0.5) is 0 Å². The molecule has 1 nitrogen and oxygen atoms in total. The van der Waals surface area contributed by atoms with Gasteiger partial charge in [0, 0.05) is 0 Å². The molecule has 0 saturated carbocycles. The molecule has 0 fully saturated rings. The van der Waals surface area contributed by atoms with Crippen molar-refractivity contribution in [2.45, 2.75) is 157 Å². The Hall–Kier alpha value is -0.0400. The molecule has 25 heavy (non-hydrogen) atoms. The van der Waals surface area contributed by atoms with Crippen LogP contribution in [-0.4, -0.2) is 0 Å². The van der Waals surface area contributed by atoms with E-state index < -0.39 is 0 Å². The highest BCUT2D eigenvalue weighted by Crippen LogP contribution is 2.04. The van der Waals surface area contributed by atoms with E-state index in [9.17, 15) is 0 Å². The molecule has 0 aliphatic rings. The molecule has 0 aliphatic carbocycles. The molecule has 0 aromatic carbocycles. The summed E-state index contributed by atoms with van der Waals surface area (Å²) >= 11 is 0. The maximum atomic E-state index is 2.26. The number of hydrogen-bond donors (Lipinski definition) is 1. The van der Waals surface area contributed by atoms with Crippen LogP contribution < -0.4 is 6.15 Å². The molecule has 0 rings (SSSR count). The van der Waals surface area contributed by atoms with Crippen molar-refractivity contribution in [3.8, 4) is 0 Å². The second-order valence-electron chi connectivity index (χ2n) is 7.24. The molecule has 0 saturated heterocycles. The van der Waals surface area contributed by atoms with Crippen molar-refractivity contribution < 1.29 is 0 Å². The first-order valence-electron chi connectivity index (χ1n) is 11.7. The Labute approximate surface area is 163 Å². The SMILES string of the molecule is CCCCCCCC.CCCCCCCC.CCCCCCCC.N. The minimum Gasteiger partial charge on any atom is -0.344 e. The Kier molecular flexibility index (Phi) is 51.1. The van der Waals surface area contributed by atoms with Gasteiger partial charge in [-0.3, -0.25) is 0 Å². The van der Waals surface area contributed by atoms with Crippen molar-refractivity contribution in [2.24, 2.45) is 0 Å². The molecular formula is C24H57N. The van der Waals surface area contributed by atoms with Gasteiger partial charge in [0.25, 0.3) is 0 Å². The van der Waals surface area contributed by atoms with Gasteiger partial charge in [-0.25, -0.2) is 0 Å². The first-order chi connectivity index (χ1) is 11.7. The quantitative estimate of drug-likeness (QED) is 0.290. The largest absolute Gasteiger partial charge is 0.344 e. The fraction of sp³-hybridized carbons (Fsp3) is 1.00. The van der Waals surface area contributed by atoms with E-state index >= 15 is 0 Å². The summed E-state index contributed by atoms with van der Waals surface area (Å²) in [6, 6.07) is 0. The predicted molar refractivity (Wildman–Crippen MR) is 122 cm³/mol. The Balaban J connectivity index is -0.000000130. The Morgan fingerprint density at radius 1 is 0.240 bits per heavy atom. The van der Waals surface area contributed by atoms with Gasteiger partial charge < -0.3 is 6.15 Å². The molecule has 0 aromatic heterocycles. The minimum atomic E-state index is 0. The molecule has 0 radical (unpaired) electrons. The maximum Gasteiger partial charge on any atom is -0.0533 e. The van der Waals surface area contributed by atoms with Crippen LogP contribution in [0.5, 0.6) is 0 Å². The zero-order chi connectivity index (χ0) is 18.7. The highest BCUT2D eigenvalue weighted by Gasteiger charge is 1.84. The summed E-state index contributed by atoms with van der Waals surface area (Å²) in [5, 5.41) is 0. The van der Waals surface area contributed by atoms with Gasteiger partial charge in [-0.2, -0.15) is 0 Å². The number of unbranched alkanes of at least 4 members (excludes halogenated alkanes) is 15. The Morgan fingerprint density at radius 2 is 0.360 bits per heavy atom. The molecule has 0 unspecified atom stereocenters. The zero-order valence-corrected chi connectivity index (χ0v) is 19.4. The molecule has 0 bridgehead atoms. The topological polar surface area (TPSA) is 35.0 Å². The van der Waals surface area contributed by atoms with Crippen LogP contribution in [0.1, 0.15) is 157 Å². The number of hydrogen-bond acceptors (Lipinski definition) is 1.